The Balaban J connectivity index is 2.68. The summed E-state index contributed by atoms with van der Waals surface area (Å²) in [6.07, 6.45) is -5.44. The Labute approximate surface area is 103 Å². The van der Waals surface area contributed by atoms with Crippen LogP contribution in [0.1, 0.15) is 6.92 Å². The number of hydrogen-bond donors (Lipinski definition) is 1. The van der Waals surface area contributed by atoms with Gasteiger partial charge in [-0.05, 0) is 0 Å². The van der Waals surface area contributed by atoms with Gasteiger partial charge in [-0.3, -0.25) is 4.79 Å². The number of halogens is 4. The van der Waals surface area contributed by atoms with Gasteiger partial charge in [0.2, 0.25) is 0 Å². The molecule has 1 rings (SSSR count). The van der Waals surface area contributed by atoms with Crippen LogP contribution in [0.5, 0.6) is 0 Å². The van der Waals surface area contributed by atoms with Crippen molar-refractivity contribution in [3.63, 3.8) is 0 Å². The molecule has 8 heteroatoms. The summed E-state index contributed by atoms with van der Waals surface area (Å²) in [5, 5.41) is 1.64. The number of cyclic esters (lactones) is 1. The number of carbonyl (C=O) groups excluding carboxylic acids is 2. The minimum absolute atomic E-state index is 0.452. The third-order valence-electron chi connectivity index (χ3n) is 2.33. The second-order valence-electron chi connectivity index (χ2n) is 3.44. The van der Waals surface area contributed by atoms with Crippen molar-refractivity contribution < 1.29 is 27.5 Å². The van der Waals surface area contributed by atoms with E-state index >= 15 is 0 Å². The van der Waals surface area contributed by atoms with Crippen LogP contribution in [0.3, 0.4) is 0 Å². The van der Waals surface area contributed by atoms with E-state index in [4.69, 9.17) is 4.74 Å². The highest BCUT2D eigenvalue weighted by Crippen LogP contribution is 2.25. The molecule has 1 heterocycles. The molecule has 92 valence electrons. The van der Waals surface area contributed by atoms with Crippen LogP contribution in [0, 0.1) is 5.92 Å². The molecule has 1 aliphatic rings. The number of carbonyl (C=O) groups is 2. The summed E-state index contributed by atoms with van der Waals surface area (Å²) in [7, 11) is 0. The van der Waals surface area contributed by atoms with Crippen LogP contribution in [0.15, 0.2) is 0 Å². The van der Waals surface area contributed by atoms with Crippen LogP contribution in [-0.2, 0) is 14.3 Å². The summed E-state index contributed by atoms with van der Waals surface area (Å²) in [6.45, 7) is 1.57. The lowest BCUT2D eigenvalue weighted by Crippen LogP contribution is -2.47. The first-order valence-electron chi connectivity index (χ1n) is 4.41. The van der Waals surface area contributed by atoms with Gasteiger partial charge in [-0.1, -0.05) is 29.5 Å². The Morgan fingerprint density at radius 1 is 1.56 bits per heavy atom. The molecule has 3 atom stereocenters. The molecule has 0 saturated carbocycles. The number of amides is 1. The zero-order chi connectivity index (χ0) is 12.5. The average Bonchev–Trinajstić information content (AvgIpc) is 2.43. The average molecular weight is 351 g/mol. The zero-order valence-corrected chi connectivity index (χ0v) is 10.3. The standard InChI is InChI=1S/C8H9F3INO3/c1-3-4(2-12)16-6(14)5(3)13-7(15)8(9,10)11/h3-5H,2H2,1H3,(H,13,15)/t3-,4-,5+/m1/s1. The van der Waals surface area contributed by atoms with Gasteiger partial charge in [0.1, 0.15) is 12.1 Å². The normalized spacial score (nSPS) is 30.1. The molecular weight excluding hydrogens is 342 g/mol. The number of alkyl halides is 4. The van der Waals surface area contributed by atoms with Crippen molar-refractivity contribution in [2.75, 3.05) is 4.43 Å². The number of rotatable bonds is 2. The van der Waals surface area contributed by atoms with Gasteiger partial charge in [0.05, 0.1) is 0 Å². The van der Waals surface area contributed by atoms with Crippen LogP contribution >= 0.6 is 22.6 Å². The van der Waals surface area contributed by atoms with Gasteiger partial charge in [-0.25, -0.2) is 4.79 Å². The van der Waals surface area contributed by atoms with E-state index in [0.717, 1.165) is 0 Å². The minimum atomic E-state index is -4.98. The van der Waals surface area contributed by atoms with Gasteiger partial charge < -0.3 is 10.1 Å². The predicted molar refractivity (Wildman–Crippen MR) is 55.9 cm³/mol. The van der Waals surface area contributed by atoms with Gasteiger partial charge in [0.25, 0.3) is 0 Å². The maximum absolute atomic E-state index is 12.0. The topological polar surface area (TPSA) is 55.4 Å². The summed E-state index contributed by atoms with van der Waals surface area (Å²) in [4.78, 5) is 21.9. The fourth-order valence-electron chi connectivity index (χ4n) is 1.34. The van der Waals surface area contributed by atoms with Crippen molar-refractivity contribution in [1.29, 1.82) is 0 Å². The van der Waals surface area contributed by atoms with Crippen molar-refractivity contribution in [2.24, 2.45) is 5.92 Å². The minimum Gasteiger partial charge on any atom is -0.460 e. The zero-order valence-electron chi connectivity index (χ0n) is 8.18. The first-order valence-corrected chi connectivity index (χ1v) is 5.94. The van der Waals surface area contributed by atoms with E-state index in [1.807, 2.05) is 22.6 Å². The predicted octanol–water partition coefficient (Wildman–Crippen LogP) is 1.03. The lowest BCUT2D eigenvalue weighted by molar-refractivity contribution is -0.175. The maximum Gasteiger partial charge on any atom is 0.471 e. The summed E-state index contributed by atoms with van der Waals surface area (Å²) in [6, 6.07) is -1.21. The SMILES string of the molecule is C[C@H]1[C@H](NC(=O)C(F)(F)F)C(=O)O[C@@H]1CI. The number of nitrogens with one attached hydrogen (secondary N) is 1. The number of esters is 1. The Kier molecular flexibility index (Phi) is 4.02. The monoisotopic (exact) mass is 351 g/mol. The molecule has 0 aliphatic carbocycles. The third-order valence-corrected chi connectivity index (χ3v) is 3.20. The van der Waals surface area contributed by atoms with Crippen molar-refractivity contribution >= 4 is 34.5 Å². The largest absolute Gasteiger partial charge is 0.471 e. The maximum atomic E-state index is 12.0. The van der Waals surface area contributed by atoms with Crippen LogP contribution < -0.4 is 5.32 Å². The highest BCUT2D eigenvalue weighted by Gasteiger charge is 2.47. The quantitative estimate of drug-likeness (QED) is 0.459. The first kappa shape index (κ1) is 13.5. The van der Waals surface area contributed by atoms with E-state index in [1.54, 1.807) is 12.2 Å². The molecule has 1 fully saturated rings. The molecule has 0 aromatic carbocycles. The molecule has 0 aromatic heterocycles. The highest BCUT2D eigenvalue weighted by molar-refractivity contribution is 14.1. The Hall–Kier alpha value is -0.540. The van der Waals surface area contributed by atoms with E-state index in [9.17, 15) is 22.8 Å². The number of ether oxygens (including phenoxy) is 1. The van der Waals surface area contributed by atoms with Gasteiger partial charge in [0.15, 0.2) is 0 Å². The second kappa shape index (κ2) is 4.76. The van der Waals surface area contributed by atoms with E-state index in [-0.39, 0.29) is 0 Å². The first-order chi connectivity index (χ1) is 7.27. The fraction of sp³-hybridized carbons (Fsp3) is 0.750. The second-order valence-corrected chi connectivity index (χ2v) is 4.32. The Bertz CT molecular complexity index is 307. The van der Waals surface area contributed by atoms with Crippen LogP contribution in [-0.4, -0.2) is 34.6 Å². The van der Waals surface area contributed by atoms with Gasteiger partial charge in [-0.15, -0.1) is 0 Å². The molecule has 0 spiro atoms. The summed E-state index contributed by atoms with van der Waals surface area (Å²) < 4.78 is 41.2. The molecule has 1 amide bonds. The molecule has 1 N–H and O–H groups in total. The van der Waals surface area contributed by atoms with E-state index < -0.39 is 36.1 Å². The Morgan fingerprint density at radius 3 is 2.50 bits per heavy atom. The lowest BCUT2D eigenvalue weighted by atomic mass is 10.0. The fourth-order valence-corrected chi connectivity index (χ4v) is 2.33. The summed E-state index contributed by atoms with van der Waals surface area (Å²) in [5.41, 5.74) is 0. The van der Waals surface area contributed by atoms with Crippen LogP contribution in [0.2, 0.25) is 0 Å². The van der Waals surface area contributed by atoms with Crippen LogP contribution in [0.25, 0.3) is 0 Å². The van der Waals surface area contributed by atoms with Gasteiger partial charge >= 0.3 is 18.1 Å². The van der Waals surface area contributed by atoms with Gasteiger partial charge in [0, 0.05) is 10.3 Å². The molecule has 0 unspecified atom stereocenters. The molecule has 1 saturated heterocycles. The smallest absolute Gasteiger partial charge is 0.460 e. The summed E-state index contributed by atoms with van der Waals surface area (Å²) in [5.74, 6) is -3.39. The lowest BCUT2D eigenvalue weighted by Gasteiger charge is -2.16. The van der Waals surface area contributed by atoms with Crippen LogP contribution in [0.4, 0.5) is 13.2 Å². The van der Waals surface area contributed by atoms with E-state index in [1.165, 1.54) is 0 Å². The third kappa shape index (κ3) is 2.77. The van der Waals surface area contributed by atoms with E-state index in [0.29, 0.717) is 4.43 Å². The van der Waals surface area contributed by atoms with Crippen molar-refractivity contribution in [3.8, 4) is 0 Å². The summed E-state index contributed by atoms with van der Waals surface area (Å²) >= 11 is 1.96. The molecule has 0 aromatic rings. The highest BCUT2D eigenvalue weighted by atomic mass is 127. The van der Waals surface area contributed by atoms with Crippen molar-refractivity contribution in [2.45, 2.75) is 25.2 Å². The molecule has 1 aliphatic heterocycles. The van der Waals surface area contributed by atoms with E-state index in [2.05, 4.69) is 0 Å². The van der Waals surface area contributed by atoms with Gasteiger partial charge in [-0.2, -0.15) is 13.2 Å². The molecule has 4 nitrogen and oxygen atoms in total. The molecule has 0 radical (unpaired) electrons. The molecular formula is C8H9F3INO3. The Morgan fingerprint density at radius 2 is 2.12 bits per heavy atom. The number of hydrogen-bond acceptors (Lipinski definition) is 3. The molecule has 0 bridgehead atoms. The van der Waals surface area contributed by atoms with Crippen molar-refractivity contribution in [3.05, 3.63) is 0 Å². The van der Waals surface area contributed by atoms with Crippen molar-refractivity contribution in [1.82, 2.24) is 5.32 Å². The molecule has 16 heavy (non-hydrogen) atoms.